The molecule has 6 rings (SSSR count). The maximum atomic E-state index is 12.7. The molecule has 0 amide bonds. The fourth-order valence-corrected chi connectivity index (χ4v) is 6.52. The summed E-state index contributed by atoms with van der Waals surface area (Å²) in [6.07, 6.45) is 6.57. The zero-order chi connectivity index (χ0) is 17.9. The predicted octanol–water partition coefficient (Wildman–Crippen LogP) is 1.45. The van der Waals surface area contributed by atoms with Crippen molar-refractivity contribution in [3.8, 4) is 11.5 Å². The number of likely N-dealkylation sites (tertiary alicyclic amines) is 1. The SMILES string of the molecule is C[N@+]1(CC2CC2)CC[C@]23c4c5ccc(O)c4O[C@H]2C(=O)C=C[C@@]3(O)[C@H]1C5. The van der Waals surface area contributed by atoms with Crippen molar-refractivity contribution in [2.45, 2.75) is 48.8 Å². The molecule has 5 heteroatoms. The largest absolute Gasteiger partial charge is 0.504 e. The van der Waals surface area contributed by atoms with Crippen LogP contribution in [0.15, 0.2) is 24.3 Å². The van der Waals surface area contributed by atoms with E-state index in [1.54, 1.807) is 12.1 Å². The van der Waals surface area contributed by atoms with Crippen LogP contribution in [0.25, 0.3) is 0 Å². The number of nitrogens with zero attached hydrogens (tertiary/aromatic N) is 1. The summed E-state index contributed by atoms with van der Waals surface area (Å²) in [7, 11) is 2.27. The molecule has 2 fully saturated rings. The van der Waals surface area contributed by atoms with Crippen molar-refractivity contribution in [1.82, 2.24) is 0 Å². The summed E-state index contributed by atoms with van der Waals surface area (Å²) in [5, 5.41) is 22.4. The Morgan fingerprint density at radius 2 is 2.15 bits per heavy atom. The lowest BCUT2D eigenvalue weighted by atomic mass is 9.50. The summed E-state index contributed by atoms with van der Waals surface area (Å²) < 4.78 is 6.88. The molecule has 2 bridgehead atoms. The molecule has 1 saturated heterocycles. The molecule has 1 aromatic rings. The zero-order valence-corrected chi connectivity index (χ0v) is 14.9. The van der Waals surface area contributed by atoms with E-state index in [1.165, 1.54) is 18.9 Å². The first-order valence-corrected chi connectivity index (χ1v) is 9.71. The van der Waals surface area contributed by atoms with Crippen molar-refractivity contribution in [2.24, 2.45) is 5.92 Å². The molecule has 1 spiro atoms. The van der Waals surface area contributed by atoms with Crippen molar-refractivity contribution in [1.29, 1.82) is 0 Å². The molecule has 5 aliphatic rings. The average Bonchev–Trinajstić information content (AvgIpc) is 3.32. The van der Waals surface area contributed by atoms with Crippen molar-refractivity contribution in [3.63, 3.8) is 0 Å². The standard InChI is InChI=1S/C21H23NO4/c1-22(11-12-2-3-12)9-8-20-17-13-4-5-14(23)18(17)26-19(20)15(24)6-7-21(20,25)16(22)10-13/h4-7,12,16,19,25H,2-3,8-11H2,1H3/p+1/t16-,19+,20+,21-,22-/m1/s1. The number of likely N-dealkylation sites (N-methyl/N-ethyl adjacent to an activating group) is 1. The van der Waals surface area contributed by atoms with E-state index in [0.717, 1.165) is 41.0 Å². The van der Waals surface area contributed by atoms with E-state index in [1.807, 2.05) is 6.07 Å². The van der Waals surface area contributed by atoms with Crippen LogP contribution in [0.3, 0.4) is 0 Å². The average molecular weight is 354 g/mol. The lowest BCUT2D eigenvalue weighted by Crippen LogP contribution is -2.79. The van der Waals surface area contributed by atoms with Gasteiger partial charge in [0, 0.05) is 24.3 Å². The van der Waals surface area contributed by atoms with Crippen molar-refractivity contribution < 1.29 is 24.2 Å². The van der Waals surface area contributed by atoms with Crippen molar-refractivity contribution in [2.75, 3.05) is 20.1 Å². The summed E-state index contributed by atoms with van der Waals surface area (Å²) in [6, 6.07) is 3.64. The number of phenolic OH excluding ortho intramolecular Hbond substituents is 1. The number of hydrogen-bond donors (Lipinski definition) is 2. The molecule has 1 saturated carbocycles. The van der Waals surface area contributed by atoms with Gasteiger partial charge in [-0.1, -0.05) is 6.07 Å². The van der Waals surface area contributed by atoms with Gasteiger partial charge in [-0.05, 0) is 36.6 Å². The van der Waals surface area contributed by atoms with E-state index in [2.05, 4.69) is 7.05 Å². The second-order valence-electron chi connectivity index (χ2n) is 9.28. The third-order valence-corrected chi connectivity index (χ3v) is 7.89. The molecule has 0 aromatic heterocycles. The Kier molecular flexibility index (Phi) is 2.54. The second-order valence-corrected chi connectivity index (χ2v) is 9.28. The Hall–Kier alpha value is -1.85. The number of piperidine rings is 1. The number of aliphatic hydroxyl groups is 1. The Morgan fingerprint density at radius 3 is 2.92 bits per heavy atom. The quantitative estimate of drug-likeness (QED) is 0.789. The van der Waals surface area contributed by atoms with Crippen LogP contribution in [0, 0.1) is 5.92 Å². The number of phenols is 1. The maximum absolute atomic E-state index is 12.7. The van der Waals surface area contributed by atoms with E-state index in [9.17, 15) is 15.0 Å². The summed E-state index contributed by atoms with van der Waals surface area (Å²) in [5.41, 5.74) is 0.140. The van der Waals surface area contributed by atoms with Crippen molar-refractivity contribution in [3.05, 3.63) is 35.4 Å². The van der Waals surface area contributed by atoms with Crippen LogP contribution in [0.5, 0.6) is 11.5 Å². The summed E-state index contributed by atoms with van der Waals surface area (Å²) in [6.45, 7) is 2.02. The maximum Gasteiger partial charge on any atom is 0.197 e. The lowest BCUT2D eigenvalue weighted by molar-refractivity contribution is -0.949. The molecular weight excluding hydrogens is 330 g/mol. The minimum atomic E-state index is -1.11. The number of aromatic hydroxyl groups is 1. The van der Waals surface area contributed by atoms with E-state index in [4.69, 9.17) is 4.74 Å². The van der Waals surface area contributed by atoms with Gasteiger partial charge < -0.3 is 19.4 Å². The van der Waals surface area contributed by atoms with Gasteiger partial charge in [0.2, 0.25) is 0 Å². The first-order valence-electron chi connectivity index (χ1n) is 9.71. The number of rotatable bonds is 2. The Labute approximate surface area is 152 Å². The Bertz CT molecular complexity index is 890. The second kappa shape index (κ2) is 4.34. The molecule has 0 unspecified atom stereocenters. The smallest absolute Gasteiger partial charge is 0.197 e. The van der Waals surface area contributed by atoms with Gasteiger partial charge in [-0.3, -0.25) is 4.79 Å². The van der Waals surface area contributed by atoms with Crippen LogP contribution in [0.1, 0.15) is 30.4 Å². The molecule has 2 N–H and O–H groups in total. The Balaban J connectivity index is 1.63. The number of carbonyl (C=O) groups excluding carboxylic acids is 1. The van der Waals surface area contributed by atoms with Crippen LogP contribution < -0.4 is 4.74 Å². The van der Waals surface area contributed by atoms with E-state index in [0.29, 0.717) is 12.2 Å². The normalized spacial score (nSPS) is 44.6. The van der Waals surface area contributed by atoms with Gasteiger partial charge in [0.25, 0.3) is 0 Å². The van der Waals surface area contributed by atoms with Gasteiger partial charge in [0.15, 0.2) is 23.4 Å². The first-order chi connectivity index (χ1) is 12.4. The number of benzene rings is 1. The molecule has 5 nitrogen and oxygen atoms in total. The van der Waals surface area contributed by atoms with Crippen LogP contribution in [0.2, 0.25) is 0 Å². The summed E-state index contributed by atoms with van der Waals surface area (Å²) in [5.74, 6) is 1.15. The highest BCUT2D eigenvalue weighted by atomic mass is 16.5. The highest BCUT2D eigenvalue weighted by Gasteiger charge is 2.75. The predicted molar refractivity (Wildman–Crippen MR) is 94.0 cm³/mol. The molecular formula is C21H24NO4+. The van der Waals surface area contributed by atoms with Gasteiger partial charge in [-0.2, -0.15) is 0 Å². The van der Waals surface area contributed by atoms with Crippen LogP contribution >= 0.6 is 0 Å². The molecule has 3 aliphatic carbocycles. The number of carbonyl (C=O) groups is 1. The Morgan fingerprint density at radius 1 is 1.35 bits per heavy atom. The molecule has 136 valence electrons. The summed E-state index contributed by atoms with van der Waals surface area (Å²) in [4.78, 5) is 12.7. The van der Waals surface area contributed by atoms with E-state index < -0.39 is 17.1 Å². The minimum Gasteiger partial charge on any atom is -0.504 e. The number of ether oxygens (including phenoxy) is 1. The minimum absolute atomic E-state index is 0.00953. The number of hydrogen-bond acceptors (Lipinski definition) is 4. The molecule has 5 atom stereocenters. The third kappa shape index (κ3) is 1.50. The third-order valence-electron chi connectivity index (χ3n) is 7.89. The van der Waals surface area contributed by atoms with E-state index >= 15 is 0 Å². The number of quaternary nitrogens is 1. The van der Waals surface area contributed by atoms with Crippen LogP contribution in [-0.2, 0) is 16.6 Å². The lowest BCUT2D eigenvalue weighted by Gasteiger charge is -2.62. The monoisotopic (exact) mass is 354 g/mol. The van der Waals surface area contributed by atoms with Gasteiger partial charge in [0.1, 0.15) is 11.6 Å². The fourth-order valence-electron chi connectivity index (χ4n) is 6.52. The van der Waals surface area contributed by atoms with Gasteiger partial charge in [0.05, 0.1) is 25.6 Å². The fraction of sp³-hybridized carbons (Fsp3) is 0.571. The molecule has 26 heavy (non-hydrogen) atoms. The molecule has 1 aromatic carbocycles. The van der Waals surface area contributed by atoms with Crippen LogP contribution in [-0.4, -0.2) is 58.4 Å². The van der Waals surface area contributed by atoms with Gasteiger partial charge in [-0.25, -0.2) is 0 Å². The van der Waals surface area contributed by atoms with Gasteiger partial charge in [-0.15, -0.1) is 0 Å². The first kappa shape index (κ1) is 15.2. The van der Waals surface area contributed by atoms with Gasteiger partial charge >= 0.3 is 0 Å². The van der Waals surface area contributed by atoms with Crippen LogP contribution in [0.4, 0.5) is 0 Å². The summed E-state index contributed by atoms with van der Waals surface area (Å²) >= 11 is 0. The number of ketones is 1. The zero-order valence-electron chi connectivity index (χ0n) is 14.9. The highest BCUT2D eigenvalue weighted by molar-refractivity contribution is 5.98. The highest BCUT2D eigenvalue weighted by Crippen LogP contribution is 2.64. The molecule has 2 aliphatic heterocycles. The molecule has 0 radical (unpaired) electrons. The molecule has 2 heterocycles. The van der Waals surface area contributed by atoms with Crippen molar-refractivity contribution >= 4 is 5.78 Å². The van der Waals surface area contributed by atoms with E-state index in [-0.39, 0.29) is 17.6 Å². The topological polar surface area (TPSA) is 66.8 Å².